The minimum absolute atomic E-state index is 0.0983. The Balaban J connectivity index is 1.99. The van der Waals surface area contributed by atoms with Crippen molar-refractivity contribution in [1.29, 1.82) is 0 Å². The number of hydrogen-bond acceptors (Lipinski definition) is 1. The highest BCUT2D eigenvalue weighted by molar-refractivity contribution is 5.26. The fourth-order valence-electron chi connectivity index (χ4n) is 3.29. The fourth-order valence-corrected chi connectivity index (χ4v) is 3.29. The molecule has 2 rings (SSSR count). The lowest BCUT2D eigenvalue weighted by molar-refractivity contribution is 0.411. The molecule has 0 spiro atoms. The molecule has 1 fully saturated rings. The van der Waals surface area contributed by atoms with Crippen molar-refractivity contribution in [3.05, 3.63) is 35.1 Å². The second kappa shape index (κ2) is 7.78. The summed E-state index contributed by atoms with van der Waals surface area (Å²) in [6, 6.07) is 5.96. The van der Waals surface area contributed by atoms with Gasteiger partial charge in [-0.05, 0) is 55.8 Å². The first-order valence-electron chi connectivity index (χ1n) is 8.20. The van der Waals surface area contributed by atoms with Crippen molar-refractivity contribution in [3.8, 4) is 0 Å². The molecule has 0 bridgehead atoms. The molecule has 0 aromatic heterocycles. The topological polar surface area (TPSA) is 12.0 Å². The predicted octanol–water partition coefficient (Wildman–Crippen LogP) is 5.15. The molecule has 1 aromatic rings. The SMILES string of the molecule is CCCNC(CCC1CCCC1)c1ccc(F)c(C)c1. The van der Waals surface area contributed by atoms with E-state index in [4.69, 9.17) is 0 Å². The van der Waals surface area contributed by atoms with E-state index in [1.807, 2.05) is 19.1 Å². The zero-order valence-electron chi connectivity index (χ0n) is 12.9. The van der Waals surface area contributed by atoms with E-state index in [1.165, 1.54) is 44.1 Å². The van der Waals surface area contributed by atoms with Gasteiger partial charge < -0.3 is 5.32 Å². The molecule has 1 atom stereocenters. The minimum atomic E-state index is -0.0983. The maximum absolute atomic E-state index is 13.4. The Kier molecular flexibility index (Phi) is 6.03. The molecule has 0 saturated heterocycles. The van der Waals surface area contributed by atoms with Crippen molar-refractivity contribution >= 4 is 0 Å². The monoisotopic (exact) mass is 277 g/mol. The Morgan fingerprint density at radius 3 is 2.70 bits per heavy atom. The lowest BCUT2D eigenvalue weighted by Crippen LogP contribution is -2.23. The summed E-state index contributed by atoms with van der Waals surface area (Å²) in [6.45, 7) is 5.08. The van der Waals surface area contributed by atoms with Crippen LogP contribution in [-0.2, 0) is 0 Å². The summed E-state index contributed by atoms with van der Waals surface area (Å²) < 4.78 is 13.4. The number of nitrogens with one attached hydrogen (secondary N) is 1. The average molecular weight is 277 g/mol. The van der Waals surface area contributed by atoms with E-state index in [0.717, 1.165) is 24.4 Å². The van der Waals surface area contributed by atoms with E-state index in [2.05, 4.69) is 12.2 Å². The van der Waals surface area contributed by atoms with E-state index in [-0.39, 0.29) is 5.82 Å². The normalized spacial score (nSPS) is 17.6. The van der Waals surface area contributed by atoms with Crippen molar-refractivity contribution in [2.45, 2.75) is 64.8 Å². The highest BCUT2D eigenvalue weighted by atomic mass is 19.1. The van der Waals surface area contributed by atoms with Crippen LogP contribution >= 0.6 is 0 Å². The average Bonchev–Trinajstić information content (AvgIpc) is 2.95. The summed E-state index contributed by atoms with van der Waals surface area (Å²) in [5.74, 6) is 0.821. The summed E-state index contributed by atoms with van der Waals surface area (Å²) in [7, 11) is 0. The van der Waals surface area contributed by atoms with Gasteiger partial charge in [0.2, 0.25) is 0 Å². The van der Waals surface area contributed by atoms with Crippen LogP contribution in [0.15, 0.2) is 18.2 Å². The van der Waals surface area contributed by atoms with Crippen molar-refractivity contribution in [2.75, 3.05) is 6.54 Å². The fraction of sp³-hybridized carbons (Fsp3) is 0.667. The Morgan fingerprint density at radius 1 is 1.30 bits per heavy atom. The standard InChI is InChI=1S/C18H28FN/c1-3-12-20-18(11-8-15-6-4-5-7-15)16-9-10-17(19)14(2)13-16/h9-10,13,15,18,20H,3-8,11-12H2,1-2H3. The molecular formula is C18H28FN. The molecule has 0 heterocycles. The number of halogens is 1. The van der Waals surface area contributed by atoms with Crippen LogP contribution in [0.4, 0.5) is 4.39 Å². The lowest BCUT2D eigenvalue weighted by Gasteiger charge is -2.21. The second-order valence-corrected chi connectivity index (χ2v) is 6.24. The van der Waals surface area contributed by atoms with E-state index >= 15 is 0 Å². The van der Waals surface area contributed by atoms with E-state index < -0.39 is 0 Å². The lowest BCUT2D eigenvalue weighted by atomic mass is 9.94. The van der Waals surface area contributed by atoms with Crippen LogP contribution in [0.25, 0.3) is 0 Å². The Labute approximate surface area is 123 Å². The third-order valence-electron chi connectivity index (χ3n) is 4.56. The number of rotatable bonds is 7. The predicted molar refractivity (Wildman–Crippen MR) is 83.4 cm³/mol. The van der Waals surface area contributed by atoms with Gasteiger partial charge in [-0.3, -0.25) is 0 Å². The second-order valence-electron chi connectivity index (χ2n) is 6.24. The molecule has 0 amide bonds. The first-order valence-corrected chi connectivity index (χ1v) is 8.20. The summed E-state index contributed by atoms with van der Waals surface area (Å²) in [5.41, 5.74) is 2.00. The summed E-state index contributed by atoms with van der Waals surface area (Å²) in [6.07, 6.45) is 9.25. The molecule has 0 radical (unpaired) electrons. The van der Waals surface area contributed by atoms with Crippen molar-refractivity contribution in [2.24, 2.45) is 5.92 Å². The molecule has 0 aliphatic heterocycles. The van der Waals surface area contributed by atoms with Gasteiger partial charge in [-0.25, -0.2) is 4.39 Å². The summed E-state index contributed by atoms with van der Waals surface area (Å²) >= 11 is 0. The van der Waals surface area contributed by atoms with Gasteiger partial charge in [-0.1, -0.05) is 44.7 Å². The quantitative estimate of drug-likeness (QED) is 0.727. The van der Waals surface area contributed by atoms with Gasteiger partial charge in [0.25, 0.3) is 0 Å². The van der Waals surface area contributed by atoms with Gasteiger partial charge in [0.15, 0.2) is 0 Å². The maximum Gasteiger partial charge on any atom is 0.126 e. The van der Waals surface area contributed by atoms with Crippen molar-refractivity contribution in [3.63, 3.8) is 0 Å². The molecule has 1 aliphatic rings. The summed E-state index contributed by atoms with van der Waals surface area (Å²) in [5, 5.41) is 3.63. The molecule has 112 valence electrons. The van der Waals surface area contributed by atoms with E-state index in [0.29, 0.717) is 6.04 Å². The Morgan fingerprint density at radius 2 is 2.05 bits per heavy atom. The first kappa shape index (κ1) is 15.5. The van der Waals surface area contributed by atoms with Crippen LogP contribution in [0, 0.1) is 18.7 Å². The third-order valence-corrected chi connectivity index (χ3v) is 4.56. The minimum Gasteiger partial charge on any atom is -0.310 e. The van der Waals surface area contributed by atoms with E-state index in [1.54, 1.807) is 6.07 Å². The van der Waals surface area contributed by atoms with Gasteiger partial charge in [0.05, 0.1) is 0 Å². The zero-order valence-corrected chi connectivity index (χ0v) is 12.9. The van der Waals surface area contributed by atoms with Crippen LogP contribution in [0.5, 0.6) is 0 Å². The van der Waals surface area contributed by atoms with Crippen LogP contribution < -0.4 is 5.32 Å². The Bertz CT molecular complexity index is 410. The van der Waals surface area contributed by atoms with Crippen LogP contribution in [0.3, 0.4) is 0 Å². The molecular weight excluding hydrogens is 249 g/mol. The molecule has 20 heavy (non-hydrogen) atoms. The van der Waals surface area contributed by atoms with Crippen LogP contribution in [0.2, 0.25) is 0 Å². The van der Waals surface area contributed by atoms with Crippen molar-refractivity contribution in [1.82, 2.24) is 5.32 Å². The molecule has 2 heteroatoms. The Hall–Kier alpha value is -0.890. The zero-order chi connectivity index (χ0) is 14.4. The molecule has 1 saturated carbocycles. The van der Waals surface area contributed by atoms with Gasteiger partial charge >= 0.3 is 0 Å². The molecule has 1 aliphatic carbocycles. The van der Waals surface area contributed by atoms with Gasteiger partial charge in [0, 0.05) is 6.04 Å². The third kappa shape index (κ3) is 4.31. The maximum atomic E-state index is 13.4. The largest absolute Gasteiger partial charge is 0.310 e. The van der Waals surface area contributed by atoms with Crippen LogP contribution in [-0.4, -0.2) is 6.54 Å². The van der Waals surface area contributed by atoms with Gasteiger partial charge in [-0.2, -0.15) is 0 Å². The van der Waals surface area contributed by atoms with Crippen molar-refractivity contribution < 1.29 is 4.39 Å². The molecule has 1 unspecified atom stereocenters. The number of aryl methyl sites for hydroxylation is 1. The smallest absolute Gasteiger partial charge is 0.126 e. The molecule has 1 N–H and O–H groups in total. The van der Waals surface area contributed by atoms with Gasteiger partial charge in [0.1, 0.15) is 5.82 Å². The first-order chi connectivity index (χ1) is 9.70. The number of hydrogen-bond donors (Lipinski definition) is 1. The highest BCUT2D eigenvalue weighted by Crippen LogP contribution is 2.31. The van der Waals surface area contributed by atoms with Crippen LogP contribution in [0.1, 0.15) is 69.0 Å². The summed E-state index contributed by atoms with van der Waals surface area (Å²) in [4.78, 5) is 0. The molecule has 1 nitrogen and oxygen atoms in total. The van der Waals surface area contributed by atoms with E-state index in [9.17, 15) is 4.39 Å². The number of benzene rings is 1. The molecule has 1 aromatic carbocycles. The highest BCUT2D eigenvalue weighted by Gasteiger charge is 2.18. The van der Waals surface area contributed by atoms with Gasteiger partial charge in [-0.15, -0.1) is 0 Å².